The van der Waals surface area contributed by atoms with Gasteiger partial charge in [-0.05, 0) is 38.2 Å². The van der Waals surface area contributed by atoms with E-state index in [1.165, 1.54) is 38.6 Å². The third-order valence-corrected chi connectivity index (χ3v) is 7.14. The van der Waals surface area contributed by atoms with E-state index in [1.807, 2.05) is 19.3 Å². The largest absolute Gasteiger partial charge is 0.369 e. The molecule has 3 aliphatic rings. The van der Waals surface area contributed by atoms with E-state index in [2.05, 4.69) is 36.5 Å². The zero-order valence-corrected chi connectivity index (χ0v) is 18.7. The Labute approximate surface area is 185 Å². The zero-order valence-electron chi connectivity index (χ0n) is 18.7. The molecule has 2 aliphatic heterocycles. The summed E-state index contributed by atoms with van der Waals surface area (Å²) in [6.07, 6.45) is 10.1. The summed E-state index contributed by atoms with van der Waals surface area (Å²) in [6, 6.07) is 5.33. The number of hydrogen-bond acceptors (Lipinski definition) is 5. The number of piperidine rings is 1. The van der Waals surface area contributed by atoms with Gasteiger partial charge in [-0.15, -0.1) is 0 Å². The van der Waals surface area contributed by atoms with Crippen LogP contribution in [0.5, 0.6) is 0 Å². The maximum absolute atomic E-state index is 11.5. The number of nitrogens with two attached hydrogens (primary N) is 1. The van der Waals surface area contributed by atoms with E-state index in [1.54, 1.807) is 0 Å². The lowest BCUT2D eigenvalue weighted by Crippen LogP contribution is -2.45. The minimum atomic E-state index is -0.184. The molecule has 1 amide bonds. The molecule has 8 heteroatoms. The summed E-state index contributed by atoms with van der Waals surface area (Å²) < 4.78 is 0. The van der Waals surface area contributed by atoms with Gasteiger partial charge in [0.2, 0.25) is 5.91 Å². The smallest absolute Gasteiger partial charge is 0.220 e. The highest BCUT2D eigenvalue weighted by atomic mass is 16.1. The number of nitrogens with one attached hydrogen (secondary N) is 2. The molecule has 0 aromatic carbocycles. The second kappa shape index (κ2) is 10.3. The first-order valence-corrected chi connectivity index (χ1v) is 11.8. The highest BCUT2D eigenvalue weighted by Crippen LogP contribution is 2.27. The Bertz CT molecular complexity index is 769. The molecule has 4 rings (SSSR count). The van der Waals surface area contributed by atoms with Crippen molar-refractivity contribution < 1.29 is 4.79 Å². The quantitative estimate of drug-likeness (QED) is 0.470. The number of guanidine groups is 1. The second-order valence-corrected chi connectivity index (χ2v) is 9.14. The van der Waals surface area contributed by atoms with E-state index < -0.39 is 0 Å². The average molecular weight is 428 g/mol. The number of hydrogen-bond donors (Lipinski definition) is 3. The van der Waals surface area contributed by atoms with Crippen LogP contribution in [0.4, 0.5) is 5.82 Å². The number of likely N-dealkylation sites (tertiary alicyclic amines) is 1. The summed E-state index contributed by atoms with van der Waals surface area (Å²) in [4.78, 5) is 25.5. The fourth-order valence-corrected chi connectivity index (χ4v) is 5.30. The molecule has 0 bridgehead atoms. The van der Waals surface area contributed by atoms with E-state index in [9.17, 15) is 4.79 Å². The molecule has 2 saturated heterocycles. The highest BCUT2D eigenvalue weighted by Gasteiger charge is 2.30. The predicted molar refractivity (Wildman–Crippen MR) is 124 cm³/mol. The molecule has 1 unspecified atom stereocenters. The van der Waals surface area contributed by atoms with Crippen LogP contribution in [-0.4, -0.2) is 67.1 Å². The molecular weight excluding hydrogens is 390 g/mol. The van der Waals surface area contributed by atoms with Crippen LogP contribution in [0.2, 0.25) is 0 Å². The first kappa shape index (κ1) is 21.9. The topological polar surface area (TPSA) is 98.9 Å². The van der Waals surface area contributed by atoms with Crippen molar-refractivity contribution in [3.63, 3.8) is 0 Å². The lowest BCUT2D eigenvalue weighted by Gasteiger charge is -2.32. The lowest BCUT2D eigenvalue weighted by molar-refractivity contribution is -0.122. The lowest BCUT2D eigenvalue weighted by atomic mass is 9.96. The van der Waals surface area contributed by atoms with Gasteiger partial charge in [0.15, 0.2) is 5.96 Å². The van der Waals surface area contributed by atoms with Crippen molar-refractivity contribution in [2.45, 2.75) is 63.6 Å². The minimum Gasteiger partial charge on any atom is -0.369 e. The Kier molecular flexibility index (Phi) is 7.27. The van der Waals surface area contributed by atoms with Gasteiger partial charge in [0, 0.05) is 69.5 Å². The van der Waals surface area contributed by atoms with Crippen molar-refractivity contribution in [3.05, 3.63) is 23.9 Å². The minimum absolute atomic E-state index is 0.0141. The number of rotatable bonds is 6. The van der Waals surface area contributed by atoms with E-state index in [4.69, 9.17) is 5.73 Å². The van der Waals surface area contributed by atoms with Crippen molar-refractivity contribution in [1.82, 2.24) is 20.5 Å². The van der Waals surface area contributed by atoms with Crippen LogP contribution >= 0.6 is 0 Å². The Morgan fingerprint density at radius 1 is 1.19 bits per heavy atom. The summed E-state index contributed by atoms with van der Waals surface area (Å²) in [5.41, 5.74) is 6.62. The van der Waals surface area contributed by atoms with Crippen LogP contribution in [0.3, 0.4) is 0 Å². The monoisotopic (exact) mass is 427 g/mol. The van der Waals surface area contributed by atoms with Gasteiger partial charge >= 0.3 is 0 Å². The average Bonchev–Trinajstić information content (AvgIpc) is 3.49. The van der Waals surface area contributed by atoms with Crippen LogP contribution in [0.25, 0.3) is 0 Å². The molecule has 1 aromatic rings. The number of primary amides is 1. The van der Waals surface area contributed by atoms with E-state index in [-0.39, 0.29) is 11.8 Å². The summed E-state index contributed by atoms with van der Waals surface area (Å²) in [6.45, 7) is 4.58. The maximum Gasteiger partial charge on any atom is 0.220 e. The molecule has 3 fully saturated rings. The summed E-state index contributed by atoms with van der Waals surface area (Å²) in [5, 5.41) is 7.10. The van der Waals surface area contributed by atoms with E-state index in [0.29, 0.717) is 12.6 Å². The molecule has 31 heavy (non-hydrogen) atoms. The van der Waals surface area contributed by atoms with Gasteiger partial charge in [0.05, 0.1) is 0 Å². The van der Waals surface area contributed by atoms with Gasteiger partial charge in [-0.25, -0.2) is 4.98 Å². The molecule has 0 radical (unpaired) electrons. The Balaban J connectivity index is 1.30. The summed E-state index contributed by atoms with van der Waals surface area (Å²) >= 11 is 0. The number of pyridine rings is 1. The second-order valence-electron chi connectivity index (χ2n) is 9.14. The van der Waals surface area contributed by atoms with Crippen molar-refractivity contribution >= 4 is 17.7 Å². The van der Waals surface area contributed by atoms with Crippen LogP contribution in [-0.2, 0) is 11.3 Å². The van der Waals surface area contributed by atoms with Crippen LogP contribution in [0.1, 0.15) is 50.5 Å². The first-order valence-electron chi connectivity index (χ1n) is 11.8. The van der Waals surface area contributed by atoms with Gasteiger partial charge in [-0.3, -0.25) is 14.7 Å². The van der Waals surface area contributed by atoms with Crippen molar-refractivity contribution in [3.8, 4) is 0 Å². The van der Waals surface area contributed by atoms with Crippen molar-refractivity contribution in [2.75, 3.05) is 38.1 Å². The predicted octanol–water partition coefficient (Wildman–Crippen LogP) is 1.47. The van der Waals surface area contributed by atoms with Gasteiger partial charge in [0.1, 0.15) is 5.82 Å². The van der Waals surface area contributed by atoms with Crippen molar-refractivity contribution in [1.29, 1.82) is 0 Å². The highest BCUT2D eigenvalue weighted by molar-refractivity contribution is 5.80. The van der Waals surface area contributed by atoms with Crippen molar-refractivity contribution in [2.24, 2.45) is 16.6 Å². The third kappa shape index (κ3) is 5.47. The third-order valence-electron chi connectivity index (χ3n) is 7.14. The van der Waals surface area contributed by atoms with Gasteiger partial charge in [-0.1, -0.05) is 18.9 Å². The molecular formula is C23H37N7O. The first-order chi connectivity index (χ1) is 15.1. The number of carbonyl (C=O) groups is 1. The Hall–Kier alpha value is -2.35. The SMILES string of the molecule is CN=C(NCc1cccnc1N1CCC(C(N)=O)CC1)NC1CCN(C2CCCC2)C1. The van der Waals surface area contributed by atoms with Crippen LogP contribution in [0, 0.1) is 5.92 Å². The summed E-state index contributed by atoms with van der Waals surface area (Å²) in [7, 11) is 1.83. The Morgan fingerprint density at radius 3 is 2.68 bits per heavy atom. The molecule has 1 atom stereocenters. The number of nitrogens with zero attached hydrogens (tertiary/aromatic N) is 4. The normalized spacial score (nSPS) is 24.0. The zero-order chi connectivity index (χ0) is 21.6. The maximum atomic E-state index is 11.5. The van der Waals surface area contributed by atoms with Crippen LogP contribution in [0.15, 0.2) is 23.3 Å². The van der Waals surface area contributed by atoms with Crippen LogP contribution < -0.4 is 21.3 Å². The van der Waals surface area contributed by atoms with Gasteiger partial charge < -0.3 is 21.3 Å². The fourth-order valence-electron chi connectivity index (χ4n) is 5.30. The molecule has 170 valence electrons. The van der Waals surface area contributed by atoms with E-state index >= 15 is 0 Å². The molecule has 8 nitrogen and oxygen atoms in total. The number of anilines is 1. The molecule has 1 saturated carbocycles. The summed E-state index contributed by atoms with van der Waals surface area (Å²) in [5.74, 6) is 1.64. The number of carbonyl (C=O) groups excluding carboxylic acids is 1. The number of amides is 1. The molecule has 4 N–H and O–H groups in total. The molecule has 1 aliphatic carbocycles. The van der Waals surface area contributed by atoms with E-state index in [0.717, 1.165) is 55.9 Å². The van der Waals surface area contributed by atoms with Gasteiger partial charge in [-0.2, -0.15) is 0 Å². The Morgan fingerprint density at radius 2 is 1.97 bits per heavy atom. The molecule has 3 heterocycles. The standard InChI is InChI=1S/C23H37N7O/c1-25-23(28-19-10-14-30(16-19)20-6-2-3-7-20)27-15-18-5-4-11-26-22(18)29-12-8-17(9-13-29)21(24)31/h4-5,11,17,19-20H,2-3,6-10,12-16H2,1H3,(H2,24,31)(H2,25,27,28). The fraction of sp³-hybridized carbons (Fsp3) is 0.696. The van der Waals surface area contributed by atoms with Gasteiger partial charge in [0.25, 0.3) is 0 Å². The molecule has 0 spiro atoms. The number of aliphatic imine (C=N–C) groups is 1. The molecule has 1 aromatic heterocycles. The number of aromatic nitrogens is 1.